The molecule has 0 aliphatic carbocycles. The molecule has 122 valence electrons. The molecule has 6 heteroatoms. The standard InChI is InChI=1S/C17H19NO5/c1-12(19)16-11-14(5-8-17(16)18(20)21)13-3-6-15(7-4-13)23-10-9-22-2/h3-8,11-12,19H,9-10H2,1-2H3. The fourth-order valence-corrected chi connectivity index (χ4v) is 2.22. The van der Waals surface area contributed by atoms with Crippen molar-refractivity contribution in [3.63, 3.8) is 0 Å². The zero-order valence-electron chi connectivity index (χ0n) is 13.1. The second-order valence-electron chi connectivity index (χ2n) is 5.07. The first-order valence-corrected chi connectivity index (χ1v) is 7.21. The molecular formula is C17H19NO5. The van der Waals surface area contributed by atoms with Gasteiger partial charge in [0, 0.05) is 13.2 Å². The minimum atomic E-state index is -0.910. The van der Waals surface area contributed by atoms with Gasteiger partial charge in [-0.2, -0.15) is 0 Å². The summed E-state index contributed by atoms with van der Waals surface area (Å²) in [7, 11) is 1.61. The van der Waals surface area contributed by atoms with Gasteiger partial charge in [0.1, 0.15) is 12.4 Å². The molecule has 0 aromatic heterocycles. The second kappa shape index (κ2) is 7.71. The lowest BCUT2D eigenvalue weighted by Gasteiger charge is -2.10. The number of methoxy groups -OCH3 is 1. The van der Waals surface area contributed by atoms with Gasteiger partial charge in [0.25, 0.3) is 5.69 Å². The predicted molar refractivity (Wildman–Crippen MR) is 86.5 cm³/mol. The van der Waals surface area contributed by atoms with Gasteiger partial charge >= 0.3 is 0 Å². The highest BCUT2D eigenvalue weighted by molar-refractivity contribution is 5.67. The number of nitro benzene ring substituents is 1. The van der Waals surface area contributed by atoms with Gasteiger partial charge < -0.3 is 14.6 Å². The van der Waals surface area contributed by atoms with Crippen molar-refractivity contribution in [2.24, 2.45) is 0 Å². The van der Waals surface area contributed by atoms with E-state index in [4.69, 9.17) is 9.47 Å². The van der Waals surface area contributed by atoms with Crippen LogP contribution in [0.2, 0.25) is 0 Å². The number of rotatable bonds is 7. The van der Waals surface area contributed by atoms with E-state index < -0.39 is 11.0 Å². The van der Waals surface area contributed by atoms with E-state index in [1.165, 1.54) is 13.0 Å². The summed E-state index contributed by atoms with van der Waals surface area (Å²) in [6, 6.07) is 12.1. The number of hydrogen-bond donors (Lipinski definition) is 1. The average molecular weight is 317 g/mol. The molecule has 2 rings (SSSR count). The molecule has 6 nitrogen and oxygen atoms in total. The average Bonchev–Trinajstić information content (AvgIpc) is 2.55. The molecule has 23 heavy (non-hydrogen) atoms. The topological polar surface area (TPSA) is 81.8 Å². The van der Waals surface area contributed by atoms with Gasteiger partial charge in [-0.3, -0.25) is 10.1 Å². The molecule has 0 amide bonds. The van der Waals surface area contributed by atoms with Gasteiger partial charge in [-0.05, 0) is 42.3 Å². The Bertz CT molecular complexity index is 667. The number of benzene rings is 2. The van der Waals surface area contributed by atoms with E-state index in [9.17, 15) is 15.2 Å². The minimum absolute atomic E-state index is 0.0803. The first-order valence-electron chi connectivity index (χ1n) is 7.21. The SMILES string of the molecule is COCCOc1ccc(-c2ccc([N+](=O)[O-])c(C(C)O)c2)cc1. The number of hydrogen-bond acceptors (Lipinski definition) is 5. The molecular weight excluding hydrogens is 298 g/mol. The van der Waals surface area contributed by atoms with Crippen LogP contribution in [-0.2, 0) is 4.74 Å². The summed E-state index contributed by atoms with van der Waals surface area (Å²) >= 11 is 0. The van der Waals surface area contributed by atoms with E-state index in [0.717, 1.165) is 16.9 Å². The van der Waals surface area contributed by atoms with Crippen LogP contribution in [-0.4, -0.2) is 30.4 Å². The Balaban J connectivity index is 2.24. The van der Waals surface area contributed by atoms with Crippen LogP contribution >= 0.6 is 0 Å². The van der Waals surface area contributed by atoms with Crippen molar-refractivity contribution in [1.29, 1.82) is 0 Å². The molecule has 0 aliphatic rings. The second-order valence-corrected chi connectivity index (χ2v) is 5.07. The van der Waals surface area contributed by atoms with Crippen molar-refractivity contribution in [3.05, 3.63) is 58.1 Å². The van der Waals surface area contributed by atoms with E-state index in [2.05, 4.69) is 0 Å². The molecule has 0 spiro atoms. The smallest absolute Gasteiger partial charge is 0.275 e. The maximum atomic E-state index is 11.0. The van der Waals surface area contributed by atoms with Crippen LogP contribution in [0.4, 0.5) is 5.69 Å². The maximum Gasteiger partial charge on any atom is 0.275 e. The summed E-state index contributed by atoms with van der Waals surface area (Å²) in [5, 5.41) is 20.8. The van der Waals surface area contributed by atoms with Gasteiger partial charge in [-0.25, -0.2) is 0 Å². The van der Waals surface area contributed by atoms with E-state index in [1.807, 2.05) is 24.3 Å². The predicted octanol–water partition coefficient (Wildman–Crippen LogP) is 3.34. The molecule has 0 aliphatic heterocycles. The summed E-state index contributed by atoms with van der Waals surface area (Å²) in [6.07, 6.45) is -0.910. The van der Waals surface area contributed by atoms with Crippen molar-refractivity contribution in [2.75, 3.05) is 20.3 Å². The molecule has 1 unspecified atom stereocenters. The van der Waals surface area contributed by atoms with E-state index in [0.29, 0.717) is 18.8 Å². The highest BCUT2D eigenvalue weighted by Crippen LogP contribution is 2.31. The Kier molecular flexibility index (Phi) is 5.67. The maximum absolute atomic E-state index is 11.0. The molecule has 0 heterocycles. The fraction of sp³-hybridized carbons (Fsp3) is 0.294. The highest BCUT2D eigenvalue weighted by Gasteiger charge is 2.18. The van der Waals surface area contributed by atoms with Crippen LogP contribution in [0.15, 0.2) is 42.5 Å². The molecule has 2 aromatic rings. The van der Waals surface area contributed by atoms with Gasteiger partial charge in [0.15, 0.2) is 0 Å². The number of nitrogens with zero attached hydrogens (tertiary/aromatic N) is 1. The van der Waals surface area contributed by atoms with Crippen LogP contribution < -0.4 is 4.74 Å². The van der Waals surface area contributed by atoms with Crippen molar-refractivity contribution in [1.82, 2.24) is 0 Å². The Morgan fingerprint density at radius 3 is 2.35 bits per heavy atom. The third-order valence-corrected chi connectivity index (χ3v) is 3.42. The Morgan fingerprint density at radius 2 is 1.78 bits per heavy atom. The lowest BCUT2D eigenvalue weighted by Crippen LogP contribution is -2.03. The van der Waals surface area contributed by atoms with E-state index in [1.54, 1.807) is 19.2 Å². The van der Waals surface area contributed by atoms with Crippen molar-refractivity contribution in [3.8, 4) is 16.9 Å². The monoisotopic (exact) mass is 317 g/mol. The molecule has 0 radical (unpaired) electrons. The Labute approximate surface area is 134 Å². The molecule has 1 N–H and O–H groups in total. The zero-order chi connectivity index (χ0) is 16.8. The summed E-state index contributed by atoms with van der Waals surface area (Å²) in [5.41, 5.74) is 1.91. The molecule has 0 saturated heterocycles. The first kappa shape index (κ1) is 16.9. The number of aliphatic hydroxyl groups is 1. The molecule has 1 atom stereocenters. The largest absolute Gasteiger partial charge is 0.491 e. The summed E-state index contributed by atoms with van der Waals surface area (Å²) in [5.74, 6) is 0.725. The summed E-state index contributed by atoms with van der Waals surface area (Å²) in [4.78, 5) is 10.5. The third-order valence-electron chi connectivity index (χ3n) is 3.42. The van der Waals surface area contributed by atoms with Crippen LogP contribution in [0.1, 0.15) is 18.6 Å². The molecule has 0 fully saturated rings. The molecule has 0 saturated carbocycles. The zero-order valence-corrected chi connectivity index (χ0v) is 13.1. The normalized spacial score (nSPS) is 12.0. The first-order chi connectivity index (χ1) is 11.0. The van der Waals surface area contributed by atoms with Crippen LogP contribution in [0, 0.1) is 10.1 Å². The van der Waals surface area contributed by atoms with E-state index in [-0.39, 0.29) is 5.69 Å². The van der Waals surface area contributed by atoms with Crippen molar-refractivity contribution < 1.29 is 19.5 Å². The van der Waals surface area contributed by atoms with Crippen molar-refractivity contribution in [2.45, 2.75) is 13.0 Å². The lowest BCUT2D eigenvalue weighted by molar-refractivity contribution is -0.386. The number of nitro groups is 1. The summed E-state index contributed by atoms with van der Waals surface area (Å²) < 4.78 is 10.4. The van der Waals surface area contributed by atoms with E-state index >= 15 is 0 Å². The van der Waals surface area contributed by atoms with Gasteiger partial charge in [-0.15, -0.1) is 0 Å². The Hall–Kier alpha value is -2.44. The number of aliphatic hydroxyl groups excluding tert-OH is 1. The van der Waals surface area contributed by atoms with Crippen LogP contribution in [0.3, 0.4) is 0 Å². The molecule has 2 aromatic carbocycles. The third kappa shape index (κ3) is 4.28. The van der Waals surface area contributed by atoms with Crippen molar-refractivity contribution >= 4 is 5.69 Å². The molecule has 0 bridgehead atoms. The van der Waals surface area contributed by atoms with Gasteiger partial charge in [-0.1, -0.05) is 12.1 Å². The van der Waals surface area contributed by atoms with Crippen LogP contribution in [0.5, 0.6) is 5.75 Å². The number of ether oxygens (including phenoxy) is 2. The quantitative estimate of drug-likeness (QED) is 0.481. The van der Waals surface area contributed by atoms with Crippen LogP contribution in [0.25, 0.3) is 11.1 Å². The Morgan fingerprint density at radius 1 is 1.13 bits per heavy atom. The minimum Gasteiger partial charge on any atom is -0.491 e. The van der Waals surface area contributed by atoms with Gasteiger partial charge in [0.05, 0.1) is 23.2 Å². The highest BCUT2D eigenvalue weighted by atomic mass is 16.6. The summed E-state index contributed by atoms with van der Waals surface area (Å²) in [6.45, 7) is 2.50. The lowest BCUT2D eigenvalue weighted by atomic mass is 9.99. The van der Waals surface area contributed by atoms with Gasteiger partial charge in [0.2, 0.25) is 0 Å². The fourth-order valence-electron chi connectivity index (χ4n) is 2.22.